The largest absolute Gasteiger partial charge is 0.496 e. The molecule has 0 atom stereocenters. The van der Waals surface area contributed by atoms with Crippen molar-refractivity contribution in [2.24, 2.45) is 0 Å². The molecule has 0 saturated carbocycles. The first-order valence-corrected chi connectivity index (χ1v) is 9.29. The van der Waals surface area contributed by atoms with E-state index in [2.05, 4.69) is 10.6 Å². The monoisotopic (exact) mass is 472 g/mol. The van der Waals surface area contributed by atoms with Crippen molar-refractivity contribution >= 4 is 34.6 Å². The highest BCUT2D eigenvalue weighted by Gasteiger charge is 2.20. The molecule has 0 heterocycles. The van der Waals surface area contributed by atoms with Crippen LogP contribution < -0.4 is 15.4 Å². The predicted molar refractivity (Wildman–Crippen MR) is 115 cm³/mol. The molecule has 11 nitrogen and oxygen atoms in total. The third-order valence-electron chi connectivity index (χ3n) is 4.51. The summed E-state index contributed by atoms with van der Waals surface area (Å²) in [7, 11) is 1.27. The lowest BCUT2D eigenvalue weighted by Crippen LogP contribution is -2.17. The molecule has 34 heavy (non-hydrogen) atoms. The molecule has 0 radical (unpaired) electrons. The number of nitrogens with zero attached hydrogens (tertiary/aromatic N) is 2. The van der Waals surface area contributed by atoms with Crippen molar-refractivity contribution < 1.29 is 33.0 Å². The second-order valence-electron chi connectivity index (χ2n) is 6.67. The third-order valence-corrected chi connectivity index (χ3v) is 4.51. The minimum atomic E-state index is -1.08. The van der Waals surface area contributed by atoms with Crippen molar-refractivity contribution in [1.29, 1.82) is 0 Å². The Morgan fingerprint density at radius 2 is 1.29 bits per heavy atom. The average Bonchev–Trinajstić information content (AvgIpc) is 2.80. The van der Waals surface area contributed by atoms with Gasteiger partial charge in [-0.3, -0.25) is 29.8 Å². The highest BCUT2D eigenvalue weighted by molar-refractivity contribution is 6.10. The zero-order valence-electron chi connectivity index (χ0n) is 17.2. The fourth-order valence-corrected chi connectivity index (χ4v) is 2.89. The van der Waals surface area contributed by atoms with Crippen molar-refractivity contribution in [2.45, 2.75) is 0 Å². The Morgan fingerprint density at radius 3 is 1.76 bits per heavy atom. The van der Waals surface area contributed by atoms with E-state index >= 15 is 0 Å². The summed E-state index contributed by atoms with van der Waals surface area (Å²) in [5.74, 6) is -3.68. The number of halogens is 2. The molecule has 0 unspecified atom stereocenters. The number of nitro benzene ring substituents is 2. The molecule has 3 aromatic rings. The first-order valence-electron chi connectivity index (χ1n) is 9.29. The van der Waals surface area contributed by atoms with Crippen LogP contribution >= 0.6 is 0 Å². The molecule has 0 aliphatic heterocycles. The highest BCUT2D eigenvalue weighted by atomic mass is 19.1. The van der Waals surface area contributed by atoms with Crippen molar-refractivity contribution in [3.63, 3.8) is 0 Å². The standard InChI is InChI=1S/C21H14F2N4O7/c1-34-19-7-2-11(20(28)24-12-3-5-15(22)17(9-12)26(30)31)8-14(19)21(29)25-13-4-6-16(23)18(10-13)27(32)33/h2-10H,1H3,(H,24,28)(H,25,29). The number of rotatable bonds is 7. The van der Waals surface area contributed by atoms with Gasteiger partial charge in [0.1, 0.15) is 5.75 Å². The number of nitro groups is 2. The Labute approximate surface area is 189 Å². The summed E-state index contributed by atoms with van der Waals surface area (Å²) in [5.41, 5.74) is -1.99. The predicted octanol–water partition coefficient (Wildman–Crippen LogP) is 4.29. The van der Waals surface area contributed by atoms with Crippen molar-refractivity contribution in [2.75, 3.05) is 17.7 Å². The van der Waals surface area contributed by atoms with Crippen molar-refractivity contribution in [3.8, 4) is 5.75 Å². The summed E-state index contributed by atoms with van der Waals surface area (Å²) in [6, 6.07) is 9.32. The maximum absolute atomic E-state index is 13.5. The number of hydrogen-bond donors (Lipinski definition) is 2. The van der Waals surface area contributed by atoms with Crippen LogP contribution in [0.15, 0.2) is 54.6 Å². The van der Waals surface area contributed by atoms with Crippen LogP contribution in [0.1, 0.15) is 20.7 Å². The van der Waals surface area contributed by atoms with E-state index in [0.29, 0.717) is 0 Å². The lowest BCUT2D eigenvalue weighted by atomic mass is 10.1. The van der Waals surface area contributed by atoms with E-state index in [1.165, 1.54) is 19.2 Å². The van der Waals surface area contributed by atoms with Gasteiger partial charge >= 0.3 is 11.4 Å². The van der Waals surface area contributed by atoms with Gasteiger partial charge in [0.25, 0.3) is 11.8 Å². The van der Waals surface area contributed by atoms with E-state index in [0.717, 1.165) is 42.5 Å². The van der Waals surface area contributed by atoms with E-state index in [1.54, 1.807) is 0 Å². The van der Waals surface area contributed by atoms with Gasteiger partial charge < -0.3 is 15.4 Å². The minimum absolute atomic E-state index is 0.0528. The molecule has 13 heteroatoms. The first-order chi connectivity index (χ1) is 16.1. The molecule has 0 bridgehead atoms. The lowest BCUT2D eigenvalue weighted by Gasteiger charge is -2.12. The quantitative estimate of drug-likeness (QED) is 0.384. The topological polar surface area (TPSA) is 154 Å². The highest BCUT2D eigenvalue weighted by Crippen LogP contribution is 2.26. The normalized spacial score (nSPS) is 10.3. The zero-order chi connectivity index (χ0) is 25.0. The minimum Gasteiger partial charge on any atom is -0.496 e. The second-order valence-corrected chi connectivity index (χ2v) is 6.67. The smallest absolute Gasteiger partial charge is 0.306 e. The summed E-state index contributed by atoms with van der Waals surface area (Å²) in [4.78, 5) is 45.3. The Bertz CT molecular complexity index is 1330. The molecule has 0 saturated heterocycles. The van der Waals surface area contributed by atoms with Gasteiger partial charge in [-0.15, -0.1) is 0 Å². The molecule has 3 rings (SSSR count). The molecule has 2 amide bonds. The van der Waals surface area contributed by atoms with E-state index in [1.807, 2.05) is 0 Å². The Kier molecular flexibility index (Phi) is 6.76. The maximum atomic E-state index is 13.5. The summed E-state index contributed by atoms with van der Waals surface area (Å²) in [6.45, 7) is 0. The van der Waals surface area contributed by atoms with E-state index in [4.69, 9.17) is 4.74 Å². The van der Waals surface area contributed by atoms with Crippen LogP contribution in [0.25, 0.3) is 0 Å². The fourth-order valence-electron chi connectivity index (χ4n) is 2.89. The second kappa shape index (κ2) is 9.68. The van der Waals surface area contributed by atoms with E-state index in [9.17, 15) is 38.6 Å². The van der Waals surface area contributed by atoms with Gasteiger partial charge in [0.2, 0.25) is 11.6 Å². The molecule has 0 aromatic heterocycles. The molecule has 2 N–H and O–H groups in total. The van der Waals surface area contributed by atoms with Gasteiger partial charge in [0.05, 0.1) is 22.5 Å². The van der Waals surface area contributed by atoms with E-state index in [-0.39, 0.29) is 28.3 Å². The molecular weight excluding hydrogens is 458 g/mol. The van der Waals surface area contributed by atoms with Gasteiger partial charge in [0.15, 0.2) is 0 Å². The van der Waals surface area contributed by atoms with Crippen LogP contribution in [0.4, 0.5) is 31.5 Å². The molecular formula is C21H14F2N4O7. The fraction of sp³-hybridized carbons (Fsp3) is 0.0476. The van der Waals surface area contributed by atoms with Gasteiger partial charge in [-0.05, 0) is 42.5 Å². The Hall–Kier alpha value is -4.94. The van der Waals surface area contributed by atoms with Crippen LogP contribution in [-0.4, -0.2) is 28.8 Å². The SMILES string of the molecule is COc1ccc(C(=O)Nc2ccc(F)c([N+](=O)[O-])c2)cc1C(=O)Nc1ccc(F)c([N+](=O)[O-])c1. The van der Waals surface area contributed by atoms with Crippen molar-refractivity contribution in [3.05, 3.63) is 97.6 Å². The van der Waals surface area contributed by atoms with Gasteiger partial charge in [-0.25, -0.2) is 0 Å². The summed E-state index contributed by atoms with van der Waals surface area (Å²) < 4.78 is 32.2. The number of amides is 2. The van der Waals surface area contributed by atoms with Crippen LogP contribution in [0.2, 0.25) is 0 Å². The van der Waals surface area contributed by atoms with Gasteiger partial charge in [0, 0.05) is 29.1 Å². The van der Waals surface area contributed by atoms with E-state index < -0.39 is 44.7 Å². The molecule has 174 valence electrons. The third kappa shape index (κ3) is 5.09. The van der Waals surface area contributed by atoms with Crippen LogP contribution in [-0.2, 0) is 0 Å². The number of anilines is 2. The Morgan fingerprint density at radius 1 is 0.794 bits per heavy atom. The number of nitrogens with one attached hydrogen (secondary N) is 2. The number of ether oxygens (including phenoxy) is 1. The lowest BCUT2D eigenvalue weighted by molar-refractivity contribution is -0.387. The van der Waals surface area contributed by atoms with Crippen molar-refractivity contribution in [1.82, 2.24) is 0 Å². The summed E-state index contributed by atoms with van der Waals surface area (Å²) in [5, 5.41) is 26.5. The number of carbonyl (C=O) groups is 2. The number of benzene rings is 3. The number of carbonyl (C=O) groups excluding carboxylic acids is 2. The summed E-state index contributed by atoms with van der Waals surface area (Å²) >= 11 is 0. The van der Waals surface area contributed by atoms with Gasteiger partial charge in [-0.2, -0.15) is 8.78 Å². The summed E-state index contributed by atoms with van der Waals surface area (Å²) in [6.07, 6.45) is 0. The Balaban J connectivity index is 1.87. The average molecular weight is 472 g/mol. The number of methoxy groups -OCH3 is 1. The first kappa shape index (κ1) is 23.7. The van der Waals surface area contributed by atoms with Crippen LogP contribution in [0.3, 0.4) is 0 Å². The van der Waals surface area contributed by atoms with Gasteiger partial charge in [-0.1, -0.05) is 0 Å². The molecule has 0 spiro atoms. The molecule has 0 fully saturated rings. The zero-order valence-corrected chi connectivity index (χ0v) is 17.2. The maximum Gasteiger partial charge on any atom is 0.306 e. The number of hydrogen-bond acceptors (Lipinski definition) is 7. The molecule has 0 aliphatic carbocycles. The van der Waals surface area contributed by atoms with Crippen LogP contribution in [0.5, 0.6) is 5.75 Å². The molecule has 0 aliphatic rings. The van der Waals surface area contributed by atoms with Crippen LogP contribution in [0, 0.1) is 31.9 Å². The molecule has 3 aromatic carbocycles.